The predicted molar refractivity (Wildman–Crippen MR) is 96.3 cm³/mol. The van der Waals surface area contributed by atoms with Crippen molar-refractivity contribution in [2.24, 2.45) is 0 Å². The van der Waals surface area contributed by atoms with Gasteiger partial charge in [-0.3, -0.25) is 0 Å². The van der Waals surface area contributed by atoms with Crippen LogP contribution in [0.25, 0.3) is 33.1 Å². The van der Waals surface area contributed by atoms with Crippen LogP contribution in [0.3, 0.4) is 0 Å². The van der Waals surface area contributed by atoms with Crippen LogP contribution in [0.2, 0.25) is 5.02 Å². The van der Waals surface area contributed by atoms with E-state index in [0.717, 1.165) is 21.4 Å². The fourth-order valence-corrected chi connectivity index (χ4v) is 4.12. The van der Waals surface area contributed by atoms with Crippen molar-refractivity contribution in [2.45, 2.75) is 19.3 Å². The maximum atomic E-state index is 13.5. The molecule has 0 saturated carbocycles. The summed E-state index contributed by atoms with van der Waals surface area (Å²) in [6.07, 6.45) is 0. The Morgan fingerprint density at radius 1 is 0.833 bits per heavy atom. The van der Waals surface area contributed by atoms with Crippen molar-refractivity contribution >= 4 is 33.5 Å². The van der Waals surface area contributed by atoms with Crippen LogP contribution in [0.15, 0.2) is 52.9 Å². The lowest BCUT2D eigenvalue weighted by Gasteiger charge is -2.21. The maximum Gasteiger partial charge on any atom is 0.138 e. The van der Waals surface area contributed by atoms with Crippen molar-refractivity contribution in [1.29, 1.82) is 0 Å². The summed E-state index contributed by atoms with van der Waals surface area (Å²) in [6, 6.07) is 15.0. The minimum absolute atomic E-state index is 0.145. The first kappa shape index (κ1) is 14.1. The van der Waals surface area contributed by atoms with Gasteiger partial charge in [0.25, 0.3) is 0 Å². The van der Waals surface area contributed by atoms with E-state index in [1.165, 1.54) is 34.4 Å². The number of rotatable bonds is 0. The van der Waals surface area contributed by atoms with E-state index >= 15 is 0 Å². The van der Waals surface area contributed by atoms with Gasteiger partial charge in [0, 0.05) is 27.3 Å². The highest BCUT2D eigenvalue weighted by atomic mass is 35.5. The lowest BCUT2D eigenvalue weighted by atomic mass is 9.82. The first-order chi connectivity index (χ1) is 11.4. The Morgan fingerprint density at radius 3 is 2.42 bits per heavy atom. The minimum Gasteiger partial charge on any atom is -0.456 e. The smallest absolute Gasteiger partial charge is 0.138 e. The first-order valence-electron chi connectivity index (χ1n) is 7.92. The van der Waals surface area contributed by atoms with Crippen molar-refractivity contribution in [3.05, 3.63) is 70.5 Å². The van der Waals surface area contributed by atoms with Crippen LogP contribution in [0.5, 0.6) is 0 Å². The molecule has 3 aromatic carbocycles. The van der Waals surface area contributed by atoms with Gasteiger partial charge >= 0.3 is 0 Å². The van der Waals surface area contributed by atoms with E-state index in [1.807, 2.05) is 12.1 Å². The summed E-state index contributed by atoms with van der Waals surface area (Å²) in [6.45, 7) is 4.39. The van der Waals surface area contributed by atoms with E-state index in [-0.39, 0.29) is 11.2 Å². The van der Waals surface area contributed by atoms with Gasteiger partial charge < -0.3 is 4.42 Å². The van der Waals surface area contributed by atoms with Crippen LogP contribution in [0.4, 0.5) is 4.39 Å². The van der Waals surface area contributed by atoms with Crippen LogP contribution in [0.1, 0.15) is 25.0 Å². The van der Waals surface area contributed by atoms with Gasteiger partial charge in [-0.2, -0.15) is 0 Å². The summed E-state index contributed by atoms with van der Waals surface area (Å²) >= 11 is 6.22. The van der Waals surface area contributed by atoms with Gasteiger partial charge in [0.2, 0.25) is 0 Å². The number of furan rings is 1. The zero-order valence-electron chi connectivity index (χ0n) is 13.3. The van der Waals surface area contributed by atoms with Crippen molar-refractivity contribution in [3.63, 3.8) is 0 Å². The molecule has 0 radical (unpaired) electrons. The Kier molecular flexibility index (Phi) is 2.58. The molecule has 0 N–H and O–H groups in total. The minimum atomic E-state index is -0.283. The molecule has 1 nitrogen and oxygen atoms in total. The summed E-state index contributed by atoms with van der Waals surface area (Å²) in [5, 5.41) is 2.70. The molecule has 0 fully saturated rings. The van der Waals surface area contributed by atoms with Gasteiger partial charge in [0.1, 0.15) is 17.0 Å². The third kappa shape index (κ3) is 1.69. The van der Waals surface area contributed by atoms with Crippen molar-refractivity contribution in [1.82, 2.24) is 0 Å². The standard InChI is InChI=1S/C21H14ClFO/c1-21(2)17-7-11(22)3-5-13(17)15-9-16-14-6-4-12(23)8-19(14)24-20(16)10-18(15)21/h3-10H,1-2H3. The highest BCUT2D eigenvalue weighted by Gasteiger charge is 2.36. The van der Waals surface area contributed by atoms with E-state index in [2.05, 4.69) is 32.0 Å². The average Bonchev–Trinajstić information content (AvgIpc) is 2.99. The number of hydrogen-bond acceptors (Lipinski definition) is 1. The van der Waals surface area contributed by atoms with E-state index in [0.29, 0.717) is 5.58 Å². The molecule has 1 aliphatic rings. The molecule has 0 bridgehead atoms. The quantitative estimate of drug-likeness (QED) is 0.349. The lowest BCUT2D eigenvalue weighted by molar-refractivity contribution is 0.617. The molecule has 0 saturated heterocycles. The topological polar surface area (TPSA) is 13.1 Å². The second-order valence-electron chi connectivity index (χ2n) is 6.95. The second kappa shape index (κ2) is 4.40. The molecule has 3 heteroatoms. The number of benzene rings is 3. The number of halogens is 2. The fourth-order valence-electron chi connectivity index (χ4n) is 3.95. The summed E-state index contributed by atoms with van der Waals surface area (Å²) in [5.74, 6) is -0.283. The molecule has 5 rings (SSSR count). The molecule has 0 amide bonds. The van der Waals surface area contributed by atoms with E-state index < -0.39 is 0 Å². The Balaban J connectivity index is 1.90. The third-order valence-corrected chi connectivity index (χ3v) is 5.43. The molecule has 1 aliphatic carbocycles. The monoisotopic (exact) mass is 336 g/mol. The molecular weight excluding hydrogens is 323 g/mol. The van der Waals surface area contributed by atoms with Crippen LogP contribution < -0.4 is 0 Å². The Labute approximate surface area is 143 Å². The summed E-state index contributed by atoms with van der Waals surface area (Å²) < 4.78 is 19.4. The second-order valence-corrected chi connectivity index (χ2v) is 7.39. The zero-order valence-corrected chi connectivity index (χ0v) is 14.0. The van der Waals surface area contributed by atoms with Crippen molar-refractivity contribution in [2.75, 3.05) is 0 Å². The molecule has 0 unspecified atom stereocenters. The van der Waals surface area contributed by atoms with E-state index in [9.17, 15) is 4.39 Å². The molecule has 0 atom stereocenters. The molecule has 4 aromatic rings. The van der Waals surface area contributed by atoms with Gasteiger partial charge in [-0.15, -0.1) is 0 Å². The SMILES string of the molecule is CC1(C)c2cc(Cl)ccc2-c2cc3c(cc21)oc1cc(F)ccc13. The highest BCUT2D eigenvalue weighted by molar-refractivity contribution is 6.30. The van der Waals surface area contributed by atoms with Crippen LogP contribution in [-0.4, -0.2) is 0 Å². The molecule has 1 aromatic heterocycles. The van der Waals surface area contributed by atoms with Gasteiger partial charge in [0.05, 0.1) is 0 Å². The largest absolute Gasteiger partial charge is 0.456 e. The summed E-state index contributed by atoms with van der Waals surface area (Å²) in [7, 11) is 0. The Morgan fingerprint density at radius 2 is 1.58 bits per heavy atom. The molecule has 0 spiro atoms. The van der Waals surface area contributed by atoms with Crippen LogP contribution >= 0.6 is 11.6 Å². The zero-order chi connectivity index (χ0) is 16.6. The predicted octanol–water partition coefficient (Wildman–Crippen LogP) is 6.68. The van der Waals surface area contributed by atoms with Crippen LogP contribution in [-0.2, 0) is 5.41 Å². The fraction of sp³-hybridized carbons (Fsp3) is 0.143. The van der Waals surface area contributed by atoms with Gasteiger partial charge in [-0.25, -0.2) is 4.39 Å². The number of fused-ring (bicyclic) bond motifs is 6. The van der Waals surface area contributed by atoms with Crippen LogP contribution in [0, 0.1) is 5.82 Å². The van der Waals surface area contributed by atoms with E-state index in [1.54, 1.807) is 6.07 Å². The van der Waals surface area contributed by atoms with E-state index in [4.69, 9.17) is 16.0 Å². The van der Waals surface area contributed by atoms with Crippen molar-refractivity contribution < 1.29 is 8.81 Å². The lowest BCUT2D eigenvalue weighted by Crippen LogP contribution is -2.14. The van der Waals surface area contributed by atoms with Gasteiger partial charge in [0.15, 0.2) is 0 Å². The van der Waals surface area contributed by atoms with Gasteiger partial charge in [-0.1, -0.05) is 31.5 Å². The molecule has 0 aliphatic heterocycles. The molecular formula is C21H14ClFO. The summed E-state index contributed by atoms with van der Waals surface area (Å²) in [5.41, 5.74) is 6.08. The third-order valence-electron chi connectivity index (χ3n) is 5.19. The van der Waals surface area contributed by atoms with Crippen molar-refractivity contribution in [3.8, 4) is 11.1 Å². The Bertz CT molecular complexity index is 1150. The summed E-state index contributed by atoms with van der Waals surface area (Å²) in [4.78, 5) is 0. The Hall–Kier alpha value is -2.32. The molecule has 24 heavy (non-hydrogen) atoms. The molecule has 118 valence electrons. The number of hydrogen-bond donors (Lipinski definition) is 0. The molecule has 1 heterocycles. The van der Waals surface area contributed by atoms with Gasteiger partial charge in [-0.05, 0) is 58.7 Å². The maximum absolute atomic E-state index is 13.5. The normalized spacial score (nSPS) is 15.0. The highest BCUT2D eigenvalue weighted by Crippen LogP contribution is 2.51. The first-order valence-corrected chi connectivity index (χ1v) is 8.29. The average molecular weight is 337 g/mol.